The predicted molar refractivity (Wildman–Crippen MR) is 130 cm³/mol. The Balaban J connectivity index is 2.11. The number of pyridine rings is 2. The van der Waals surface area contributed by atoms with Crippen molar-refractivity contribution in [2.24, 2.45) is 9.98 Å². The molecule has 3 heterocycles. The lowest BCUT2D eigenvalue weighted by atomic mass is 10.1. The van der Waals surface area contributed by atoms with Crippen LogP contribution in [0, 0.1) is 13.8 Å². The van der Waals surface area contributed by atoms with Crippen LogP contribution in [0.15, 0.2) is 64.2 Å². The lowest BCUT2D eigenvalue weighted by Crippen LogP contribution is -2.07. The van der Waals surface area contributed by atoms with E-state index in [9.17, 15) is 4.79 Å². The Morgan fingerprint density at radius 2 is 1.91 bits per heavy atom. The number of rotatable bonds is 6. The van der Waals surface area contributed by atoms with Crippen LogP contribution in [0.5, 0.6) is 0 Å². The van der Waals surface area contributed by atoms with Crippen molar-refractivity contribution in [2.75, 3.05) is 13.2 Å². The highest BCUT2D eigenvalue weighted by atomic mass is 16.5. The maximum absolute atomic E-state index is 12.7. The number of aromatic nitrogens is 3. The first-order chi connectivity index (χ1) is 16.0. The molecule has 1 aromatic carbocycles. The average Bonchev–Trinajstić information content (AvgIpc) is 3.18. The molecule has 0 bridgehead atoms. The number of imidazole rings is 1. The second-order valence-electron chi connectivity index (χ2n) is 7.49. The zero-order valence-corrected chi connectivity index (χ0v) is 19.2. The van der Waals surface area contributed by atoms with Gasteiger partial charge in [-0.2, -0.15) is 4.99 Å². The molecule has 0 amide bonds. The number of hydrogen-bond acceptors (Lipinski definition) is 6. The van der Waals surface area contributed by atoms with Crippen LogP contribution in [0.3, 0.4) is 0 Å². The summed E-state index contributed by atoms with van der Waals surface area (Å²) in [5.74, 6) is -0.550. The fraction of sp³-hybridized carbons (Fsp3) is 0.231. The third kappa shape index (κ3) is 4.45. The van der Waals surface area contributed by atoms with E-state index in [2.05, 4.69) is 22.9 Å². The topological polar surface area (TPSA) is 81.2 Å². The van der Waals surface area contributed by atoms with Crippen molar-refractivity contribution in [1.29, 1.82) is 0 Å². The SMILES string of the molecule is CCN=C=N/C(=C\c1c(-c2ccccc2)nc2ccc3c(C)cc(C)nc3n12)C(=O)OCC. The van der Waals surface area contributed by atoms with Gasteiger partial charge in [-0.3, -0.25) is 4.40 Å². The van der Waals surface area contributed by atoms with E-state index in [1.54, 1.807) is 13.0 Å². The van der Waals surface area contributed by atoms with Crippen molar-refractivity contribution in [3.8, 4) is 11.3 Å². The summed E-state index contributed by atoms with van der Waals surface area (Å²) < 4.78 is 7.20. The normalized spacial score (nSPS) is 11.5. The number of carbonyl (C=O) groups is 1. The molecular weight excluding hydrogens is 414 g/mol. The van der Waals surface area contributed by atoms with E-state index in [0.717, 1.165) is 33.5 Å². The monoisotopic (exact) mass is 439 g/mol. The Kier molecular flexibility index (Phi) is 6.43. The van der Waals surface area contributed by atoms with Crippen LogP contribution in [0.4, 0.5) is 0 Å². The first kappa shape index (κ1) is 22.1. The molecule has 3 aromatic heterocycles. The van der Waals surface area contributed by atoms with Crippen LogP contribution in [-0.2, 0) is 9.53 Å². The number of carbonyl (C=O) groups excluding carboxylic acids is 1. The third-order valence-corrected chi connectivity index (χ3v) is 5.13. The van der Waals surface area contributed by atoms with Crippen molar-refractivity contribution >= 4 is 34.7 Å². The number of ether oxygens (including phenoxy) is 1. The molecule has 7 heteroatoms. The molecule has 0 spiro atoms. The van der Waals surface area contributed by atoms with Crippen LogP contribution in [0.2, 0.25) is 0 Å². The van der Waals surface area contributed by atoms with Crippen LogP contribution in [0.25, 0.3) is 34.0 Å². The van der Waals surface area contributed by atoms with Crippen LogP contribution >= 0.6 is 0 Å². The van der Waals surface area contributed by atoms with E-state index < -0.39 is 5.97 Å². The van der Waals surface area contributed by atoms with Crippen LogP contribution in [-0.4, -0.2) is 39.5 Å². The van der Waals surface area contributed by atoms with E-state index in [-0.39, 0.29) is 12.3 Å². The highest BCUT2D eigenvalue weighted by molar-refractivity contribution is 5.96. The number of fused-ring (bicyclic) bond motifs is 3. The standard InChI is InChI=1S/C26H25N5O2/c1-5-27-16-28-21(26(32)33-6-2)15-22-24(19-10-8-7-9-11-19)30-23-13-12-20-17(3)14-18(4)29-25(20)31(22)23/h7-15H,5-6H2,1-4H3/b21-15-. The zero-order chi connectivity index (χ0) is 23.4. The summed E-state index contributed by atoms with van der Waals surface area (Å²) >= 11 is 0. The van der Waals surface area contributed by atoms with E-state index in [1.807, 2.05) is 66.8 Å². The molecule has 33 heavy (non-hydrogen) atoms. The fourth-order valence-corrected chi connectivity index (χ4v) is 3.72. The number of hydrogen-bond donors (Lipinski definition) is 0. The summed E-state index contributed by atoms with van der Waals surface area (Å²) in [7, 11) is 0. The molecule has 0 atom stereocenters. The quantitative estimate of drug-likeness (QED) is 0.233. The molecule has 0 unspecified atom stereocenters. The first-order valence-corrected chi connectivity index (χ1v) is 10.9. The van der Waals surface area contributed by atoms with Gasteiger partial charge in [0, 0.05) is 23.2 Å². The van der Waals surface area contributed by atoms with Gasteiger partial charge in [0.25, 0.3) is 0 Å². The van der Waals surface area contributed by atoms with Crippen molar-refractivity contribution in [2.45, 2.75) is 27.7 Å². The molecule has 0 aliphatic rings. The minimum Gasteiger partial charge on any atom is -0.461 e. The molecular formula is C26H25N5O2. The molecule has 0 radical (unpaired) electrons. The lowest BCUT2D eigenvalue weighted by Gasteiger charge is -2.08. The summed E-state index contributed by atoms with van der Waals surface area (Å²) in [4.78, 5) is 30.6. The van der Waals surface area contributed by atoms with Gasteiger partial charge in [-0.25, -0.2) is 19.8 Å². The maximum Gasteiger partial charge on any atom is 0.357 e. The van der Waals surface area contributed by atoms with Gasteiger partial charge in [-0.05, 0) is 57.5 Å². The molecule has 0 N–H and O–H groups in total. The van der Waals surface area contributed by atoms with Gasteiger partial charge in [0.1, 0.15) is 11.3 Å². The van der Waals surface area contributed by atoms with Gasteiger partial charge in [-0.15, -0.1) is 0 Å². The number of nitrogens with zero attached hydrogens (tertiary/aromatic N) is 5. The Bertz CT molecular complexity index is 1420. The molecule has 0 aliphatic heterocycles. The number of esters is 1. The predicted octanol–water partition coefficient (Wildman–Crippen LogP) is 5.26. The Hall–Kier alpha value is -4.09. The van der Waals surface area contributed by atoms with Gasteiger partial charge in [0.05, 0.1) is 24.0 Å². The van der Waals surface area contributed by atoms with Gasteiger partial charge in [0.15, 0.2) is 5.70 Å². The zero-order valence-electron chi connectivity index (χ0n) is 19.2. The summed E-state index contributed by atoms with van der Waals surface area (Å²) in [6.07, 6.45) is 1.68. The van der Waals surface area contributed by atoms with Crippen molar-refractivity contribution in [3.05, 3.63) is 71.2 Å². The minimum absolute atomic E-state index is 0.0920. The van der Waals surface area contributed by atoms with E-state index in [0.29, 0.717) is 17.9 Å². The number of benzene rings is 1. The van der Waals surface area contributed by atoms with Gasteiger partial charge < -0.3 is 4.74 Å². The molecule has 166 valence electrons. The third-order valence-electron chi connectivity index (χ3n) is 5.13. The molecule has 4 aromatic rings. The Labute approximate surface area is 192 Å². The average molecular weight is 440 g/mol. The van der Waals surface area contributed by atoms with E-state index in [1.165, 1.54) is 0 Å². The van der Waals surface area contributed by atoms with Gasteiger partial charge in [-0.1, -0.05) is 30.3 Å². The van der Waals surface area contributed by atoms with Crippen molar-refractivity contribution in [3.63, 3.8) is 0 Å². The Morgan fingerprint density at radius 1 is 1.12 bits per heavy atom. The molecule has 4 rings (SSSR count). The number of aryl methyl sites for hydroxylation is 2. The summed E-state index contributed by atoms with van der Waals surface area (Å²) in [5.41, 5.74) is 5.91. The number of aliphatic imine (C=N–C) groups is 2. The minimum atomic E-state index is -0.550. The van der Waals surface area contributed by atoms with Crippen molar-refractivity contribution < 1.29 is 9.53 Å². The molecule has 7 nitrogen and oxygen atoms in total. The summed E-state index contributed by atoms with van der Waals surface area (Å²) in [6.45, 7) is 8.40. The fourth-order valence-electron chi connectivity index (χ4n) is 3.72. The molecule has 0 aliphatic carbocycles. The highest BCUT2D eigenvalue weighted by Crippen LogP contribution is 2.30. The smallest absolute Gasteiger partial charge is 0.357 e. The van der Waals surface area contributed by atoms with E-state index >= 15 is 0 Å². The lowest BCUT2D eigenvalue weighted by molar-refractivity contribution is -0.138. The highest BCUT2D eigenvalue weighted by Gasteiger charge is 2.19. The Morgan fingerprint density at radius 3 is 2.64 bits per heavy atom. The second kappa shape index (κ2) is 9.59. The van der Waals surface area contributed by atoms with Gasteiger partial charge >= 0.3 is 5.97 Å². The maximum atomic E-state index is 12.7. The van der Waals surface area contributed by atoms with E-state index in [4.69, 9.17) is 14.7 Å². The molecule has 0 fully saturated rings. The molecule has 0 saturated heterocycles. The van der Waals surface area contributed by atoms with Crippen LogP contribution < -0.4 is 0 Å². The van der Waals surface area contributed by atoms with Crippen molar-refractivity contribution in [1.82, 2.24) is 14.4 Å². The summed E-state index contributed by atoms with van der Waals surface area (Å²) in [5, 5.41) is 1.01. The second-order valence-corrected chi connectivity index (χ2v) is 7.49. The molecule has 0 saturated carbocycles. The largest absolute Gasteiger partial charge is 0.461 e. The van der Waals surface area contributed by atoms with Crippen LogP contribution in [0.1, 0.15) is 30.8 Å². The van der Waals surface area contributed by atoms with Gasteiger partial charge in [0.2, 0.25) is 0 Å². The first-order valence-electron chi connectivity index (χ1n) is 10.9. The summed E-state index contributed by atoms with van der Waals surface area (Å²) in [6, 6.07) is 18.5.